The number of anilines is 1. The van der Waals surface area contributed by atoms with Gasteiger partial charge < -0.3 is 10.6 Å². The zero-order chi connectivity index (χ0) is 18.4. The molecule has 1 aromatic carbocycles. The van der Waals surface area contributed by atoms with Crippen LogP contribution in [0.25, 0.3) is 20.7 Å². The third kappa shape index (κ3) is 3.60. The van der Waals surface area contributed by atoms with E-state index in [4.69, 9.17) is 0 Å². The molecule has 1 saturated heterocycles. The number of nitrogens with one attached hydrogen (secondary N) is 1. The number of thiophene rings is 1. The lowest BCUT2D eigenvalue weighted by Gasteiger charge is -2.43. The molecule has 1 aliphatic heterocycles. The lowest BCUT2D eigenvalue weighted by molar-refractivity contribution is -0.787. The molecule has 2 aromatic heterocycles. The smallest absolute Gasteiger partial charge is 0.138 e. The zero-order valence-electron chi connectivity index (χ0n) is 15.9. The number of fused-ring (bicyclic) bond motifs is 1. The normalized spacial score (nSPS) is 19.5. The molecule has 0 aliphatic carbocycles. The van der Waals surface area contributed by atoms with Gasteiger partial charge in [0.2, 0.25) is 0 Å². The van der Waals surface area contributed by atoms with Crippen LogP contribution in [0.15, 0.2) is 42.7 Å². The summed E-state index contributed by atoms with van der Waals surface area (Å²) < 4.78 is 0. The molecule has 1 aliphatic rings. The number of quaternary nitrogens is 1. The third-order valence-electron chi connectivity index (χ3n) is 5.06. The number of hydrogen-bond acceptors (Lipinski definition) is 4. The van der Waals surface area contributed by atoms with Gasteiger partial charge in [-0.25, -0.2) is 9.97 Å². The molecular formula is C21H27N4S+. The maximum absolute atomic E-state index is 4.58. The molecule has 0 spiro atoms. The van der Waals surface area contributed by atoms with Gasteiger partial charge in [0.15, 0.2) is 0 Å². The SMILES string of the molecule is CC1(C)CC(Nc2ncnc3sc(-c4ccccc4)cc23)CC(C)(C)[NH2+]1. The Bertz CT molecular complexity index is 898. The third-order valence-corrected chi connectivity index (χ3v) is 6.15. The van der Waals surface area contributed by atoms with E-state index < -0.39 is 0 Å². The second-order valence-corrected chi connectivity index (χ2v) is 9.82. The fraction of sp³-hybridized carbons (Fsp3) is 0.429. The number of hydrogen-bond donors (Lipinski definition) is 2. The number of aromatic nitrogens is 2. The predicted molar refractivity (Wildman–Crippen MR) is 110 cm³/mol. The molecule has 0 radical (unpaired) electrons. The summed E-state index contributed by atoms with van der Waals surface area (Å²) in [4.78, 5) is 11.4. The highest BCUT2D eigenvalue weighted by Gasteiger charge is 2.41. The van der Waals surface area contributed by atoms with Crippen molar-refractivity contribution in [3.05, 3.63) is 42.7 Å². The van der Waals surface area contributed by atoms with E-state index in [9.17, 15) is 0 Å². The predicted octanol–water partition coefficient (Wildman–Crippen LogP) is 4.05. The van der Waals surface area contributed by atoms with E-state index >= 15 is 0 Å². The molecule has 0 amide bonds. The summed E-state index contributed by atoms with van der Waals surface area (Å²) in [6, 6.07) is 13.1. The Morgan fingerprint density at radius 3 is 2.42 bits per heavy atom. The van der Waals surface area contributed by atoms with E-state index in [2.05, 4.69) is 78.6 Å². The quantitative estimate of drug-likeness (QED) is 0.734. The zero-order valence-corrected chi connectivity index (χ0v) is 16.7. The van der Waals surface area contributed by atoms with E-state index in [1.807, 2.05) is 6.07 Å². The Labute approximate surface area is 159 Å². The van der Waals surface area contributed by atoms with Gasteiger partial charge in [-0.1, -0.05) is 30.3 Å². The van der Waals surface area contributed by atoms with Crippen molar-refractivity contribution in [1.82, 2.24) is 9.97 Å². The van der Waals surface area contributed by atoms with Gasteiger partial charge >= 0.3 is 0 Å². The molecule has 0 saturated carbocycles. The van der Waals surface area contributed by atoms with Crippen LogP contribution in [-0.4, -0.2) is 27.1 Å². The summed E-state index contributed by atoms with van der Waals surface area (Å²) in [5, 5.41) is 7.37. The minimum atomic E-state index is 0.232. The summed E-state index contributed by atoms with van der Waals surface area (Å²) >= 11 is 1.73. The molecular weight excluding hydrogens is 340 g/mol. The van der Waals surface area contributed by atoms with Crippen molar-refractivity contribution in [2.24, 2.45) is 0 Å². The van der Waals surface area contributed by atoms with E-state index in [0.29, 0.717) is 6.04 Å². The lowest BCUT2D eigenvalue weighted by atomic mass is 9.79. The Kier molecular flexibility index (Phi) is 4.24. The number of nitrogens with zero attached hydrogens (tertiary/aromatic N) is 2. The Morgan fingerprint density at radius 2 is 1.73 bits per heavy atom. The average molecular weight is 368 g/mol. The van der Waals surface area contributed by atoms with Gasteiger partial charge in [-0.2, -0.15) is 0 Å². The Hall–Kier alpha value is -1.98. The van der Waals surface area contributed by atoms with Crippen LogP contribution in [0, 0.1) is 0 Å². The first-order chi connectivity index (χ1) is 12.3. The lowest BCUT2D eigenvalue weighted by Crippen LogP contribution is -3.06. The average Bonchev–Trinajstić information content (AvgIpc) is 2.98. The van der Waals surface area contributed by atoms with Gasteiger partial charge in [-0.15, -0.1) is 11.3 Å². The summed E-state index contributed by atoms with van der Waals surface area (Å²) in [5.41, 5.74) is 1.70. The van der Waals surface area contributed by atoms with Gasteiger partial charge in [-0.05, 0) is 39.3 Å². The molecule has 0 atom stereocenters. The molecule has 4 nitrogen and oxygen atoms in total. The van der Waals surface area contributed by atoms with Crippen LogP contribution in [-0.2, 0) is 0 Å². The van der Waals surface area contributed by atoms with E-state index in [-0.39, 0.29) is 11.1 Å². The van der Waals surface area contributed by atoms with Crippen molar-refractivity contribution < 1.29 is 5.32 Å². The van der Waals surface area contributed by atoms with Crippen LogP contribution in [0.4, 0.5) is 5.82 Å². The molecule has 26 heavy (non-hydrogen) atoms. The molecule has 0 unspecified atom stereocenters. The molecule has 3 aromatic rings. The Morgan fingerprint density at radius 1 is 1.04 bits per heavy atom. The van der Waals surface area contributed by atoms with Gasteiger partial charge in [-0.3, -0.25) is 0 Å². The number of nitrogens with two attached hydrogens (primary N) is 1. The van der Waals surface area contributed by atoms with Crippen molar-refractivity contribution in [2.75, 3.05) is 5.32 Å². The van der Waals surface area contributed by atoms with E-state index in [1.165, 1.54) is 10.4 Å². The standard InChI is InChI=1S/C21H26N4S/c1-20(2)11-15(12-21(3,4)25-20)24-18-16-10-17(14-8-6-5-7-9-14)26-19(16)23-13-22-18/h5-10,13,15,25H,11-12H2,1-4H3,(H,22,23,24)/p+1. The summed E-state index contributed by atoms with van der Waals surface area (Å²) in [6.07, 6.45) is 3.93. The highest BCUT2D eigenvalue weighted by atomic mass is 32.1. The van der Waals surface area contributed by atoms with Crippen LogP contribution in [0.1, 0.15) is 40.5 Å². The van der Waals surface area contributed by atoms with Gasteiger partial charge in [0.05, 0.1) is 16.5 Å². The van der Waals surface area contributed by atoms with Crippen molar-refractivity contribution >= 4 is 27.4 Å². The van der Waals surface area contributed by atoms with Crippen LogP contribution < -0.4 is 10.6 Å². The minimum absolute atomic E-state index is 0.232. The van der Waals surface area contributed by atoms with Crippen molar-refractivity contribution in [3.8, 4) is 10.4 Å². The molecule has 3 heterocycles. The minimum Gasteiger partial charge on any atom is -0.366 e. The maximum Gasteiger partial charge on any atom is 0.138 e. The first kappa shape index (κ1) is 17.4. The molecule has 4 rings (SSSR count). The molecule has 1 fully saturated rings. The Balaban J connectivity index is 1.66. The highest BCUT2D eigenvalue weighted by molar-refractivity contribution is 7.21. The van der Waals surface area contributed by atoms with Gasteiger partial charge in [0, 0.05) is 23.8 Å². The molecule has 0 bridgehead atoms. The van der Waals surface area contributed by atoms with Gasteiger partial charge in [0.1, 0.15) is 17.0 Å². The first-order valence-electron chi connectivity index (χ1n) is 9.25. The summed E-state index contributed by atoms with van der Waals surface area (Å²) in [7, 11) is 0. The van der Waals surface area contributed by atoms with Crippen LogP contribution in [0.5, 0.6) is 0 Å². The number of rotatable bonds is 3. The molecule has 5 heteroatoms. The van der Waals surface area contributed by atoms with E-state index in [1.54, 1.807) is 17.7 Å². The number of piperidine rings is 1. The van der Waals surface area contributed by atoms with Crippen LogP contribution in [0.2, 0.25) is 0 Å². The second kappa shape index (κ2) is 6.32. The largest absolute Gasteiger partial charge is 0.366 e. The van der Waals surface area contributed by atoms with Crippen molar-refractivity contribution in [1.29, 1.82) is 0 Å². The topological polar surface area (TPSA) is 54.4 Å². The van der Waals surface area contributed by atoms with Gasteiger partial charge in [0.25, 0.3) is 0 Å². The molecule has 3 N–H and O–H groups in total. The van der Waals surface area contributed by atoms with Crippen LogP contribution in [0.3, 0.4) is 0 Å². The molecule has 136 valence electrons. The first-order valence-corrected chi connectivity index (χ1v) is 10.1. The fourth-order valence-electron chi connectivity index (χ4n) is 4.53. The van der Waals surface area contributed by atoms with Crippen molar-refractivity contribution in [3.63, 3.8) is 0 Å². The van der Waals surface area contributed by atoms with Crippen molar-refractivity contribution in [2.45, 2.75) is 57.7 Å². The summed E-state index contributed by atoms with van der Waals surface area (Å²) in [6.45, 7) is 9.32. The number of benzene rings is 1. The maximum atomic E-state index is 4.58. The second-order valence-electron chi connectivity index (χ2n) is 8.79. The van der Waals surface area contributed by atoms with E-state index in [0.717, 1.165) is 28.9 Å². The van der Waals surface area contributed by atoms with Crippen LogP contribution >= 0.6 is 11.3 Å². The summed E-state index contributed by atoms with van der Waals surface area (Å²) in [5.74, 6) is 0.965. The highest BCUT2D eigenvalue weighted by Crippen LogP contribution is 2.35. The monoisotopic (exact) mass is 367 g/mol. The fourth-order valence-corrected chi connectivity index (χ4v) is 5.53.